The minimum Gasteiger partial charge on any atom is -0.208 e. The third-order valence-corrected chi connectivity index (χ3v) is 8.23. The van der Waals surface area contributed by atoms with E-state index < -0.39 is 0 Å². The van der Waals surface area contributed by atoms with Crippen molar-refractivity contribution in [2.75, 3.05) is 0 Å². The van der Waals surface area contributed by atoms with Crippen LogP contribution in [0, 0.1) is 0 Å². The van der Waals surface area contributed by atoms with Gasteiger partial charge in [-0.1, -0.05) is 133 Å². The average molecular weight is 574 g/mol. The summed E-state index contributed by atoms with van der Waals surface area (Å²) in [7, 11) is 0. The van der Waals surface area contributed by atoms with Crippen molar-refractivity contribution in [1.82, 2.24) is 15.0 Å². The van der Waals surface area contributed by atoms with E-state index in [0.717, 1.165) is 33.6 Å². The molecule has 3 nitrogen and oxygen atoms in total. The maximum atomic E-state index is 9.35. The summed E-state index contributed by atoms with van der Waals surface area (Å²) in [6.45, 7) is 0. The summed E-state index contributed by atoms with van der Waals surface area (Å²) in [5, 5.41) is 0.548. The number of aromatic nitrogens is 3. The molecule has 0 aliphatic heterocycles. The molecular formula is C39H25N3S. The molecule has 2 heterocycles. The zero-order valence-corrected chi connectivity index (χ0v) is 23.5. The quantitative estimate of drug-likeness (QED) is 0.206. The van der Waals surface area contributed by atoms with E-state index in [1.54, 1.807) is 0 Å². The first-order valence-electron chi connectivity index (χ1n) is 16.8. The van der Waals surface area contributed by atoms with E-state index in [2.05, 4.69) is 0 Å². The molecule has 6 aromatic carbocycles. The third kappa shape index (κ3) is 4.88. The third-order valence-electron chi connectivity index (χ3n) is 7.21. The van der Waals surface area contributed by atoms with Crippen LogP contribution in [0.15, 0.2) is 152 Å². The molecule has 0 amide bonds. The highest BCUT2D eigenvalue weighted by atomic mass is 32.1. The van der Waals surface area contributed by atoms with Crippen LogP contribution in [-0.4, -0.2) is 15.0 Å². The molecule has 0 spiro atoms. The van der Waals surface area contributed by atoms with Crippen LogP contribution < -0.4 is 0 Å². The van der Waals surface area contributed by atoms with Gasteiger partial charge in [-0.2, -0.15) is 0 Å². The number of rotatable bonds is 5. The molecule has 0 saturated heterocycles. The van der Waals surface area contributed by atoms with Crippen LogP contribution in [0.4, 0.5) is 0 Å². The summed E-state index contributed by atoms with van der Waals surface area (Å²) in [5.41, 5.74) is 4.45. The van der Waals surface area contributed by atoms with Crippen LogP contribution in [0.2, 0.25) is 0 Å². The number of hydrogen-bond acceptors (Lipinski definition) is 4. The number of hydrogen-bond donors (Lipinski definition) is 0. The van der Waals surface area contributed by atoms with Crippen molar-refractivity contribution in [2.45, 2.75) is 0 Å². The van der Waals surface area contributed by atoms with E-state index in [0.29, 0.717) is 32.0 Å². The second-order valence-corrected chi connectivity index (χ2v) is 11.0. The Morgan fingerprint density at radius 3 is 1.42 bits per heavy atom. The van der Waals surface area contributed by atoms with Crippen LogP contribution in [0.3, 0.4) is 0 Å². The van der Waals surface area contributed by atoms with Crippen LogP contribution >= 0.6 is 11.3 Å². The molecule has 0 unspecified atom stereocenters. The predicted octanol–water partition coefficient (Wildman–Crippen LogP) is 10.6. The zero-order chi connectivity index (χ0) is 33.8. The van der Waals surface area contributed by atoms with Crippen molar-refractivity contribution in [1.29, 1.82) is 0 Å². The highest BCUT2D eigenvalue weighted by Gasteiger charge is 2.14. The van der Waals surface area contributed by atoms with Gasteiger partial charge in [-0.25, -0.2) is 15.0 Å². The molecule has 0 saturated carbocycles. The smallest absolute Gasteiger partial charge is 0.164 e. The van der Waals surface area contributed by atoms with Crippen molar-refractivity contribution in [3.63, 3.8) is 0 Å². The van der Waals surface area contributed by atoms with Gasteiger partial charge in [-0.05, 0) is 40.4 Å². The Bertz CT molecular complexity index is 2480. The Kier molecular flexibility index (Phi) is 4.91. The maximum Gasteiger partial charge on any atom is 0.164 e. The zero-order valence-electron chi connectivity index (χ0n) is 28.7. The number of nitrogens with zero attached hydrogens (tertiary/aromatic N) is 3. The van der Waals surface area contributed by atoms with E-state index in [1.807, 2.05) is 115 Å². The second-order valence-electron chi connectivity index (χ2n) is 9.99. The molecule has 0 aliphatic carbocycles. The minimum atomic E-state index is -0.254. The van der Waals surface area contributed by atoms with Gasteiger partial charge in [0.25, 0.3) is 0 Å². The van der Waals surface area contributed by atoms with E-state index in [4.69, 9.17) is 19.1 Å². The van der Waals surface area contributed by atoms with Gasteiger partial charge in [0.1, 0.15) is 0 Å². The first-order valence-corrected chi connectivity index (χ1v) is 14.6. The van der Waals surface area contributed by atoms with Gasteiger partial charge >= 0.3 is 0 Å². The Morgan fingerprint density at radius 1 is 0.372 bits per heavy atom. The number of benzene rings is 6. The van der Waals surface area contributed by atoms with Crippen LogP contribution in [-0.2, 0) is 0 Å². The van der Waals surface area contributed by atoms with E-state index in [1.165, 1.54) is 0 Å². The van der Waals surface area contributed by atoms with Gasteiger partial charge < -0.3 is 0 Å². The number of thiophene rings is 1. The largest absolute Gasteiger partial charge is 0.208 e. The lowest BCUT2D eigenvalue weighted by atomic mass is 9.99. The van der Waals surface area contributed by atoms with Crippen molar-refractivity contribution >= 4 is 31.5 Å². The molecule has 8 aromatic rings. The lowest BCUT2D eigenvalue weighted by Crippen LogP contribution is -1.99. The summed E-state index contributed by atoms with van der Waals surface area (Å²) in [4.78, 5) is 14.1. The predicted molar refractivity (Wildman–Crippen MR) is 180 cm³/mol. The molecule has 0 atom stereocenters. The molecule has 0 N–H and O–H groups in total. The molecule has 202 valence electrons. The fourth-order valence-electron chi connectivity index (χ4n) is 5.03. The van der Waals surface area contributed by atoms with Gasteiger partial charge in [0.2, 0.25) is 0 Å². The molecule has 4 heteroatoms. The summed E-state index contributed by atoms with van der Waals surface area (Å²) in [5.74, 6) is 0.831. The van der Waals surface area contributed by atoms with Gasteiger partial charge in [0.15, 0.2) is 17.5 Å². The molecule has 43 heavy (non-hydrogen) atoms. The molecular weight excluding hydrogens is 543 g/mol. The lowest BCUT2D eigenvalue weighted by Gasteiger charge is -2.08. The van der Waals surface area contributed by atoms with Crippen molar-refractivity contribution in [3.8, 4) is 56.4 Å². The summed E-state index contributed by atoms with van der Waals surface area (Å²) in [6, 6.07) is 35.5. The van der Waals surface area contributed by atoms with Crippen molar-refractivity contribution in [3.05, 3.63) is 152 Å². The van der Waals surface area contributed by atoms with Crippen LogP contribution in [0.5, 0.6) is 0 Å². The van der Waals surface area contributed by atoms with Crippen molar-refractivity contribution in [2.24, 2.45) is 0 Å². The minimum absolute atomic E-state index is 0.00681. The SMILES string of the molecule is [2H]c1c(-c2ccc(-c3ccccc3)cc2)c([2H])c2c(sc3c([2H])c(-c4nc(-c5ccccc5)nc(-c5ccccc5)n4)c([2H])c([2H])c32)c1[2H]. The average Bonchev–Trinajstić information content (AvgIpc) is 3.56. The fraction of sp³-hybridized carbons (Fsp3) is 0. The first kappa shape index (κ1) is 19.6. The second kappa shape index (κ2) is 10.8. The number of fused-ring (bicyclic) bond motifs is 3. The van der Waals surface area contributed by atoms with Crippen LogP contribution in [0.1, 0.15) is 8.22 Å². The monoisotopic (exact) mass is 573 g/mol. The highest BCUT2D eigenvalue weighted by Crippen LogP contribution is 2.38. The molecule has 0 fully saturated rings. The molecule has 0 aliphatic rings. The summed E-state index contributed by atoms with van der Waals surface area (Å²) >= 11 is 1.09. The first-order chi connectivity index (χ1) is 23.8. The molecule has 2 aromatic heterocycles. The van der Waals surface area contributed by atoms with Gasteiger partial charge in [-0.15, -0.1) is 11.3 Å². The Hall–Kier alpha value is -5.45. The van der Waals surface area contributed by atoms with E-state index >= 15 is 0 Å². The standard InChI is InChI=1S/C39H25N3S/c1-4-10-26(11-5-1)27-16-18-28(19-17-27)31-21-23-35-34(24-31)33-22-20-32(25-36(33)43-35)39-41-37(29-12-6-2-7-13-29)40-38(42-39)30-14-8-3-9-15-30/h1-25H/i20D,21D,22D,23D,24D,25D. The normalized spacial score (nSPS) is 13.2. The summed E-state index contributed by atoms with van der Waals surface area (Å²) in [6.07, 6.45) is 0. The Balaban J connectivity index is 1.35. The Morgan fingerprint density at radius 2 is 0.837 bits per heavy atom. The van der Waals surface area contributed by atoms with E-state index in [-0.39, 0.29) is 58.6 Å². The topological polar surface area (TPSA) is 38.7 Å². The lowest BCUT2D eigenvalue weighted by molar-refractivity contribution is 1.07. The van der Waals surface area contributed by atoms with Gasteiger partial charge in [0.05, 0.1) is 8.22 Å². The van der Waals surface area contributed by atoms with Crippen LogP contribution in [0.25, 0.3) is 76.6 Å². The highest BCUT2D eigenvalue weighted by molar-refractivity contribution is 7.25. The molecule has 0 bridgehead atoms. The fourth-order valence-corrected chi connectivity index (χ4v) is 6.00. The van der Waals surface area contributed by atoms with Gasteiger partial charge in [0, 0.05) is 36.9 Å². The van der Waals surface area contributed by atoms with Crippen molar-refractivity contribution < 1.29 is 8.22 Å². The summed E-state index contributed by atoms with van der Waals surface area (Å²) < 4.78 is 55.6. The Labute approximate surface area is 262 Å². The maximum absolute atomic E-state index is 9.35. The molecule has 8 rings (SSSR count). The molecule has 0 radical (unpaired) electrons. The van der Waals surface area contributed by atoms with E-state index in [9.17, 15) is 4.11 Å². The van der Waals surface area contributed by atoms with Gasteiger partial charge in [-0.3, -0.25) is 0 Å².